The fourth-order valence-electron chi connectivity index (χ4n) is 3.79. The van der Waals surface area contributed by atoms with Crippen LogP contribution in [0.3, 0.4) is 0 Å². The third-order valence-corrected chi connectivity index (χ3v) is 7.83. The van der Waals surface area contributed by atoms with E-state index >= 15 is 0 Å². The lowest BCUT2D eigenvalue weighted by Gasteiger charge is -2.38. The Balaban J connectivity index is 1.69. The average Bonchev–Trinajstić information content (AvgIpc) is 3.22. The molecule has 0 unspecified atom stereocenters. The van der Waals surface area contributed by atoms with Gasteiger partial charge in [-0.2, -0.15) is 13.2 Å². The minimum atomic E-state index is -4.64. The number of carbonyl (C=O) groups is 2. The Bertz CT molecular complexity index is 1440. The Labute approximate surface area is 227 Å². The number of anilines is 1. The molecule has 1 aliphatic rings. The summed E-state index contributed by atoms with van der Waals surface area (Å²) in [5, 5.41) is 9.67. The number of pyridine rings is 1. The highest BCUT2D eigenvalue weighted by molar-refractivity contribution is 7.86. The molecule has 1 aliphatic heterocycles. The van der Waals surface area contributed by atoms with Gasteiger partial charge in [0, 0.05) is 39.6 Å². The monoisotopic (exact) mass is 589 g/mol. The summed E-state index contributed by atoms with van der Waals surface area (Å²) < 4.78 is 55.4. The van der Waals surface area contributed by atoms with E-state index in [4.69, 9.17) is 27.9 Å². The Kier molecular flexibility index (Phi) is 7.73. The highest BCUT2D eigenvalue weighted by atomic mass is 35.5. The molecule has 1 aromatic carbocycles. The highest BCUT2D eigenvalue weighted by Crippen LogP contribution is 2.29. The highest BCUT2D eigenvalue weighted by Gasteiger charge is 2.40. The molecule has 4 rings (SSSR count). The van der Waals surface area contributed by atoms with E-state index in [0.29, 0.717) is 5.56 Å². The van der Waals surface area contributed by atoms with Crippen molar-refractivity contribution in [3.63, 3.8) is 0 Å². The molecule has 0 radical (unpaired) electrons. The second-order valence-electron chi connectivity index (χ2n) is 8.83. The number of halogens is 5. The van der Waals surface area contributed by atoms with E-state index in [0.717, 1.165) is 10.7 Å². The van der Waals surface area contributed by atoms with Crippen LogP contribution in [-0.2, 0) is 10.8 Å². The Morgan fingerprint density at radius 2 is 1.92 bits per heavy atom. The van der Waals surface area contributed by atoms with Crippen LogP contribution in [0, 0.1) is 6.92 Å². The average molecular weight is 590 g/mol. The first-order chi connectivity index (χ1) is 17.7. The summed E-state index contributed by atoms with van der Waals surface area (Å²) in [6.45, 7) is 1.73. The zero-order valence-electron chi connectivity index (χ0n) is 19.9. The number of carbonyl (C=O) groups excluding carboxylic acids is 2. The maximum atomic E-state index is 13.4. The molecule has 15 heteroatoms. The molecule has 1 saturated heterocycles. The van der Waals surface area contributed by atoms with E-state index in [2.05, 4.69) is 20.7 Å². The molecule has 3 aromatic rings. The molecule has 38 heavy (non-hydrogen) atoms. The van der Waals surface area contributed by atoms with E-state index in [1.54, 1.807) is 13.8 Å². The fourth-order valence-corrected chi connectivity index (χ4v) is 5.75. The lowest BCUT2D eigenvalue weighted by Crippen LogP contribution is -2.61. The van der Waals surface area contributed by atoms with Crippen molar-refractivity contribution in [3.8, 4) is 11.7 Å². The van der Waals surface area contributed by atoms with Crippen LogP contribution >= 0.6 is 23.2 Å². The minimum Gasteiger partial charge on any atom is -0.467 e. The van der Waals surface area contributed by atoms with Crippen LogP contribution in [0.5, 0.6) is 5.88 Å². The second kappa shape index (κ2) is 10.5. The predicted molar refractivity (Wildman–Crippen MR) is 136 cm³/mol. The van der Waals surface area contributed by atoms with E-state index in [-0.39, 0.29) is 44.3 Å². The maximum absolute atomic E-state index is 13.4. The van der Waals surface area contributed by atoms with Crippen molar-refractivity contribution >= 4 is 51.5 Å². The van der Waals surface area contributed by atoms with Gasteiger partial charge in [0.2, 0.25) is 5.88 Å². The van der Waals surface area contributed by atoms with Gasteiger partial charge in [0.25, 0.3) is 11.8 Å². The first-order valence-electron chi connectivity index (χ1n) is 10.9. The summed E-state index contributed by atoms with van der Waals surface area (Å²) in [4.78, 5) is 30.6. The minimum absolute atomic E-state index is 0.0297. The quantitative estimate of drug-likeness (QED) is 0.424. The third kappa shape index (κ3) is 6.27. The molecular formula is C23H20Cl2F3N5O4S. The van der Waals surface area contributed by atoms with E-state index in [9.17, 15) is 27.0 Å². The summed E-state index contributed by atoms with van der Waals surface area (Å²) in [6.07, 6.45) is -3.28. The number of alkyl halides is 3. The van der Waals surface area contributed by atoms with Crippen LogP contribution in [0.4, 0.5) is 18.9 Å². The summed E-state index contributed by atoms with van der Waals surface area (Å²) in [5.41, 5.74) is -0.353. The van der Waals surface area contributed by atoms with E-state index < -0.39 is 46.8 Å². The van der Waals surface area contributed by atoms with Gasteiger partial charge in [0.1, 0.15) is 5.69 Å². The number of hydrogen-bond acceptors (Lipinski definition) is 6. The topological polar surface area (TPSA) is 115 Å². The molecule has 1 fully saturated rings. The number of amides is 2. The van der Waals surface area contributed by atoms with Gasteiger partial charge in [-0.05, 0) is 43.7 Å². The number of hydrogen-bond donors (Lipinski definition) is 2. The Hall–Kier alpha value is -3.16. The number of benzene rings is 1. The maximum Gasteiger partial charge on any atom is 0.422 e. The largest absolute Gasteiger partial charge is 0.467 e. The predicted octanol–water partition coefficient (Wildman–Crippen LogP) is 4.33. The first kappa shape index (κ1) is 27.9. The lowest BCUT2D eigenvalue weighted by molar-refractivity contribution is -0.154. The van der Waals surface area contributed by atoms with Crippen molar-refractivity contribution in [1.29, 1.82) is 0 Å². The number of nitrogens with one attached hydrogen (secondary N) is 2. The summed E-state index contributed by atoms with van der Waals surface area (Å²) in [6, 6.07) is 6.88. The SMILES string of the molecule is Cc1cc(Cl)cc(C(=O)NC2(C)CS(=O)C2)c1NC(=O)c1cc(OCC(F)(F)F)nn1-c1ncccc1Cl. The van der Waals surface area contributed by atoms with Crippen molar-refractivity contribution in [2.75, 3.05) is 23.4 Å². The van der Waals surface area contributed by atoms with Gasteiger partial charge >= 0.3 is 6.18 Å². The van der Waals surface area contributed by atoms with Crippen molar-refractivity contribution in [3.05, 3.63) is 63.4 Å². The normalized spacial score (nSPS) is 19.0. The van der Waals surface area contributed by atoms with Crippen LogP contribution < -0.4 is 15.4 Å². The zero-order valence-corrected chi connectivity index (χ0v) is 22.2. The number of aromatic nitrogens is 3. The molecule has 0 bridgehead atoms. The molecule has 3 heterocycles. The molecule has 2 aromatic heterocycles. The van der Waals surface area contributed by atoms with Gasteiger partial charge in [0.05, 0.1) is 21.8 Å². The van der Waals surface area contributed by atoms with Gasteiger partial charge in [-0.1, -0.05) is 23.2 Å². The smallest absolute Gasteiger partial charge is 0.422 e. The van der Waals surface area contributed by atoms with Crippen molar-refractivity contribution in [1.82, 2.24) is 20.1 Å². The molecule has 202 valence electrons. The summed E-state index contributed by atoms with van der Waals surface area (Å²) in [7, 11) is -1.03. The molecule has 9 nitrogen and oxygen atoms in total. The summed E-state index contributed by atoms with van der Waals surface area (Å²) in [5.74, 6) is -1.35. The molecule has 0 saturated carbocycles. The van der Waals surface area contributed by atoms with Crippen LogP contribution in [0.2, 0.25) is 10.0 Å². The van der Waals surface area contributed by atoms with E-state index in [1.807, 2.05) is 0 Å². The Morgan fingerprint density at radius 3 is 2.55 bits per heavy atom. The Morgan fingerprint density at radius 1 is 1.21 bits per heavy atom. The number of ether oxygens (including phenoxy) is 1. The van der Waals surface area contributed by atoms with Crippen LogP contribution in [0.15, 0.2) is 36.5 Å². The molecular weight excluding hydrogens is 570 g/mol. The number of aryl methyl sites for hydroxylation is 1. The van der Waals surface area contributed by atoms with Crippen LogP contribution in [0.1, 0.15) is 33.3 Å². The first-order valence-corrected chi connectivity index (χ1v) is 13.2. The fraction of sp³-hybridized carbons (Fsp3) is 0.304. The zero-order chi connectivity index (χ0) is 27.8. The number of rotatable bonds is 7. The molecule has 2 N–H and O–H groups in total. The second-order valence-corrected chi connectivity index (χ2v) is 11.1. The summed E-state index contributed by atoms with van der Waals surface area (Å²) >= 11 is 12.4. The van der Waals surface area contributed by atoms with Crippen molar-refractivity contribution in [2.45, 2.75) is 25.6 Å². The molecule has 2 amide bonds. The van der Waals surface area contributed by atoms with Crippen LogP contribution in [-0.4, -0.2) is 60.6 Å². The van der Waals surface area contributed by atoms with E-state index in [1.165, 1.54) is 30.5 Å². The standard InChI is InChI=1S/C23H20Cl2F3N5O4S/c1-12-6-13(24)7-14(20(34)31-22(2)10-38(36)11-22)18(12)30-21(35)16-8-17(37-9-23(26,27)28)32-33(16)19-15(25)4-3-5-29-19/h3-8H,9-11H2,1-2H3,(H,30,35)(H,31,34). The van der Waals surface area contributed by atoms with Gasteiger partial charge < -0.3 is 15.4 Å². The number of nitrogens with zero attached hydrogens (tertiary/aromatic N) is 3. The third-order valence-electron chi connectivity index (χ3n) is 5.40. The molecule has 0 atom stereocenters. The molecule has 0 spiro atoms. The van der Waals surface area contributed by atoms with Gasteiger partial charge in [0.15, 0.2) is 12.4 Å². The molecule has 0 aliphatic carbocycles. The van der Waals surface area contributed by atoms with Crippen molar-refractivity contribution < 1.29 is 31.7 Å². The van der Waals surface area contributed by atoms with Crippen molar-refractivity contribution in [2.24, 2.45) is 0 Å². The van der Waals surface area contributed by atoms with Crippen LogP contribution in [0.25, 0.3) is 5.82 Å². The van der Waals surface area contributed by atoms with Gasteiger partial charge in [-0.3, -0.25) is 13.8 Å². The van der Waals surface area contributed by atoms with Gasteiger partial charge in [-0.15, -0.1) is 5.10 Å². The lowest BCUT2D eigenvalue weighted by atomic mass is 10.0. The van der Waals surface area contributed by atoms with Gasteiger partial charge in [-0.25, -0.2) is 9.67 Å².